The van der Waals surface area contributed by atoms with Crippen molar-refractivity contribution in [2.75, 3.05) is 0 Å². The van der Waals surface area contributed by atoms with Crippen molar-refractivity contribution in [3.8, 4) is 21.6 Å². The van der Waals surface area contributed by atoms with Crippen LogP contribution in [0.5, 0.6) is 0 Å². The lowest BCUT2D eigenvalue weighted by molar-refractivity contribution is 0.0696. The monoisotopic (exact) mass is 392 g/mol. The lowest BCUT2D eigenvalue weighted by Gasteiger charge is -2.19. The molecule has 0 unspecified atom stereocenters. The van der Waals surface area contributed by atoms with Crippen LogP contribution in [0.25, 0.3) is 21.6 Å². The molecule has 0 atom stereocenters. The number of hydrogen-bond acceptors (Lipinski definition) is 2. The van der Waals surface area contributed by atoms with Crippen LogP contribution in [0.2, 0.25) is 0 Å². The largest absolute Gasteiger partial charge is 0.478 e. The summed E-state index contributed by atoms with van der Waals surface area (Å²) in [7, 11) is 0. The van der Waals surface area contributed by atoms with Crippen molar-refractivity contribution in [2.45, 2.75) is 53.4 Å². The topological polar surface area (TPSA) is 37.3 Å². The highest BCUT2D eigenvalue weighted by molar-refractivity contribution is 7.13. The Balaban J connectivity index is 2.29. The minimum atomic E-state index is -0.854. The molecule has 0 saturated heterocycles. The van der Waals surface area contributed by atoms with Gasteiger partial charge < -0.3 is 5.11 Å². The van der Waals surface area contributed by atoms with E-state index in [2.05, 4.69) is 57.3 Å². The predicted octanol–water partition coefficient (Wildman–Crippen LogP) is 7.03. The molecule has 2 aromatic carbocycles. The Morgan fingerprint density at radius 2 is 1.32 bits per heavy atom. The van der Waals surface area contributed by atoms with Gasteiger partial charge in [0.1, 0.15) is 0 Å². The maximum atomic E-state index is 11.6. The summed E-state index contributed by atoms with van der Waals surface area (Å²) in [5.41, 5.74) is 9.17. The van der Waals surface area contributed by atoms with E-state index in [-0.39, 0.29) is 0 Å². The number of benzene rings is 2. The summed E-state index contributed by atoms with van der Waals surface area (Å²) in [5.74, 6) is -0.854. The third-order valence-electron chi connectivity index (χ3n) is 5.43. The van der Waals surface area contributed by atoms with Gasteiger partial charge in [-0.2, -0.15) is 0 Å². The minimum absolute atomic E-state index is 0.388. The Morgan fingerprint density at radius 3 is 1.71 bits per heavy atom. The predicted molar refractivity (Wildman–Crippen MR) is 120 cm³/mol. The van der Waals surface area contributed by atoms with Crippen LogP contribution in [-0.4, -0.2) is 11.1 Å². The van der Waals surface area contributed by atoms with Crippen molar-refractivity contribution in [3.63, 3.8) is 0 Å². The van der Waals surface area contributed by atoms with E-state index >= 15 is 0 Å². The zero-order valence-electron chi connectivity index (χ0n) is 17.1. The molecule has 0 amide bonds. The molecule has 0 radical (unpaired) electrons. The molecular weight excluding hydrogens is 364 g/mol. The van der Waals surface area contributed by atoms with Gasteiger partial charge in [-0.15, -0.1) is 11.3 Å². The van der Waals surface area contributed by atoms with Gasteiger partial charge in [-0.05, 0) is 88.2 Å². The van der Waals surface area contributed by atoms with Crippen molar-refractivity contribution in [2.24, 2.45) is 0 Å². The van der Waals surface area contributed by atoms with Gasteiger partial charge in [-0.3, -0.25) is 0 Å². The van der Waals surface area contributed by atoms with Crippen molar-refractivity contribution in [1.82, 2.24) is 0 Å². The number of hydrogen-bond donors (Lipinski definition) is 1. The van der Waals surface area contributed by atoms with Crippen LogP contribution < -0.4 is 0 Å². The Hall–Kier alpha value is -2.39. The molecule has 0 aliphatic heterocycles. The van der Waals surface area contributed by atoms with Crippen molar-refractivity contribution in [3.05, 3.63) is 69.6 Å². The minimum Gasteiger partial charge on any atom is -0.478 e. The zero-order valence-corrected chi connectivity index (χ0v) is 18.0. The van der Waals surface area contributed by atoms with Crippen LogP contribution in [0.1, 0.15) is 60.3 Å². The van der Waals surface area contributed by atoms with Crippen LogP contribution in [0.15, 0.2) is 41.8 Å². The van der Waals surface area contributed by atoms with Crippen molar-refractivity contribution >= 4 is 17.3 Å². The van der Waals surface area contributed by atoms with E-state index in [0.717, 1.165) is 36.8 Å². The molecule has 1 N–H and O–H groups in total. The number of rotatable bonds is 7. The second-order valence-electron chi connectivity index (χ2n) is 7.04. The first kappa shape index (κ1) is 20.3. The molecule has 1 heterocycles. The maximum Gasteiger partial charge on any atom is 0.335 e. The van der Waals surface area contributed by atoms with E-state index in [0.29, 0.717) is 5.56 Å². The van der Waals surface area contributed by atoms with Gasteiger partial charge in [-0.1, -0.05) is 45.9 Å². The molecule has 0 aliphatic carbocycles. The first-order chi connectivity index (χ1) is 13.5. The average Bonchev–Trinajstić information content (AvgIpc) is 3.25. The fourth-order valence-electron chi connectivity index (χ4n) is 4.03. The van der Waals surface area contributed by atoms with Gasteiger partial charge in [-0.25, -0.2) is 4.79 Å². The number of aryl methyl sites for hydroxylation is 4. The first-order valence-corrected chi connectivity index (χ1v) is 11.0. The summed E-state index contributed by atoms with van der Waals surface area (Å²) in [5, 5.41) is 11.6. The highest BCUT2D eigenvalue weighted by atomic mass is 32.1. The smallest absolute Gasteiger partial charge is 0.335 e. The van der Waals surface area contributed by atoms with Crippen LogP contribution >= 0.6 is 11.3 Å². The summed E-state index contributed by atoms with van der Waals surface area (Å²) in [4.78, 5) is 12.9. The molecule has 1 aromatic heterocycles. The highest BCUT2D eigenvalue weighted by Crippen LogP contribution is 2.38. The fourth-order valence-corrected chi connectivity index (χ4v) is 4.87. The van der Waals surface area contributed by atoms with E-state index in [1.807, 2.05) is 12.1 Å². The van der Waals surface area contributed by atoms with Crippen LogP contribution in [0.4, 0.5) is 0 Å². The lowest BCUT2D eigenvalue weighted by Crippen LogP contribution is -2.04. The second-order valence-corrected chi connectivity index (χ2v) is 7.98. The number of carbonyl (C=O) groups is 1. The molecule has 3 rings (SSSR count). The second kappa shape index (κ2) is 8.74. The Bertz CT molecular complexity index is 934. The third-order valence-corrected chi connectivity index (χ3v) is 6.32. The Morgan fingerprint density at radius 1 is 0.821 bits per heavy atom. The van der Waals surface area contributed by atoms with E-state index in [1.165, 1.54) is 32.7 Å². The SMILES string of the molecule is CCc1cc(C(=O)O)cc(CC)c1-c1cc(CC)c(-c2cccs2)c(CC)c1. The molecule has 0 bridgehead atoms. The zero-order chi connectivity index (χ0) is 20.3. The molecule has 0 saturated carbocycles. The lowest BCUT2D eigenvalue weighted by atomic mass is 9.85. The normalized spacial score (nSPS) is 11.0. The van der Waals surface area contributed by atoms with Gasteiger partial charge in [0.05, 0.1) is 5.56 Å². The number of carboxylic acid groups (broad SMARTS) is 1. The van der Waals surface area contributed by atoms with Gasteiger partial charge in [0.15, 0.2) is 0 Å². The number of carboxylic acids is 1. The molecule has 3 heteroatoms. The Labute approximate surface area is 171 Å². The van der Waals surface area contributed by atoms with Crippen LogP contribution in [0.3, 0.4) is 0 Å². The molecule has 2 nitrogen and oxygen atoms in total. The van der Waals surface area contributed by atoms with E-state index in [1.54, 1.807) is 11.3 Å². The Kier molecular flexibility index (Phi) is 6.35. The van der Waals surface area contributed by atoms with Crippen molar-refractivity contribution < 1.29 is 9.90 Å². The molecule has 3 aromatic rings. The fraction of sp³-hybridized carbons (Fsp3) is 0.320. The summed E-state index contributed by atoms with van der Waals surface area (Å²) < 4.78 is 0. The molecule has 0 fully saturated rings. The number of aromatic carboxylic acids is 1. The van der Waals surface area contributed by atoms with E-state index in [4.69, 9.17) is 0 Å². The van der Waals surface area contributed by atoms with Gasteiger partial charge in [0.25, 0.3) is 0 Å². The number of thiophene rings is 1. The summed E-state index contributed by atoms with van der Waals surface area (Å²) in [6.45, 7) is 8.63. The summed E-state index contributed by atoms with van der Waals surface area (Å²) >= 11 is 1.79. The molecule has 0 spiro atoms. The molecular formula is C25H28O2S. The van der Waals surface area contributed by atoms with Crippen LogP contribution in [-0.2, 0) is 25.7 Å². The quantitative estimate of drug-likeness (QED) is 0.468. The van der Waals surface area contributed by atoms with Gasteiger partial charge in [0, 0.05) is 4.88 Å². The maximum absolute atomic E-state index is 11.6. The van der Waals surface area contributed by atoms with Gasteiger partial charge in [0.2, 0.25) is 0 Å². The standard InChI is InChI=1S/C25H28O2S/c1-5-16-14-21(25(26)27)15-17(6-2)23(16)20-12-18(7-3)24(19(8-4)13-20)22-10-9-11-28-22/h9-15H,5-8H2,1-4H3,(H,26,27). The van der Waals surface area contributed by atoms with Crippen LogP contribution in [0, 0.1) is 0 Å². The summed E-state index contributed by atoms with van der Waals surface area (Å²) in [6.07, 6.45) is 3.59. The van der Waals surface area contributed by atoms with E-state index < -0.39 is 5.97 Å². The molecule has 0 aliphatic rings. The summed E-state index contributed by atoms with van der Waals surface area (Å²) in [6, 6.07) is 12.7. The highest BCUT2D eigenvalue weighted by Gasteiger charge is 2.18. The third kappa shape index (κ3) is 3.77. The molecule has 146 valence electrons. The van der Waals surface area contributed by atoms with Gasteiger partial charge >= 0.3 is 5.97 Å². The average molecular weight is 393 g/mol. The molecule has 28 heavy (non-hydrogen) atoms. The van der Waals surface area contributed by atoms with E-state index in [9.17, 15) is 9.90 Å². The van der Waals surface area contributed by atoms with Crippen molar-refractivity contribution in [1.29, 1.82) is 0 Å². The first-order valence-electron chi connectivity index (χ1n) is 10.1.